The van der Waals surface area contributed by atoms with Crippen LogP contribution in [0.1, 0.15) is 16.6 Å². The summed E-state index contributed by atoms with van der Waals surface area (Å²) >= 11 is 0. The second-order valence-corrected chi connectivity index (χ2v) is 6.33. The molecule has 3 aromatic rings. The topological polar surface area (TPSA) is 110 Å². The van der Waals surface area contributed by atoms with E-state index in [1.165, 1.54) is 12.3 Å². The zero-order valence-corrected chi connectivity index (χ0v) is 14.4. The summed E-state index contributed by atoms with van der Waals surface area (Å²) in [6.07, 6.45) is -2.99. The Morgan fingerprint density at radius 2 is 2.00 bits per heavy atom. The van der Waals surface area contributed by atoms with Crippen molar-refractivity contribution < 1.29 is 28.5 Å². The first-order chi connectivity index (χ1) is 13.4. The van der Waals surface area contributed by atoms with Gasteiger partial charge in [0.05, 0.1) is 12.0 Å². The van der Waals surface area contributed by atoms with Crippen molar-refractivity contribution in [2.45, 2.75) is 24.4 Å². The number of carbonyl (C=O) groups excluding carboxylic acids is 1. The van der Waals surface area contributed by atoms with Gasteiger partial charge in [0.1, 0.15) is 23.9 Å². The number of rotatable bonds is 4. The molecule has 2 aromatic heterocycles. The van der Waals surface area contributed by atoms with Crippen LogP contribution in [0.25, 0.3) is 11.0 Å². The minimum absolute atomic E-state index is 0.0915. The molecule has 3 heterocycles. The number of aliphatic hydroxyl groups excluding tert-OH is 2. The lowest BCUT2D eigenvalue weighted by atomic mass is 10.1. The molecule has 3 atom stereocenters. The van der Waals surface area contributed by atoms with E-state index < -0.39 is 36.9 Å². The van der Waals surface area contributed by atoms with Crippen LogP contribution in [-0.2, 0) is 4.74 Å². The van der Waals surface area contributed by atoms with Crippen molar-refractivity contribution in [3.8, 4) is 0 Å². The Morgan fingerprint density at radius 3 is 2.68 bits per heavy atom. The number of halogens is 2. The van der Waals surface area contributed by atoms with Gasteiger partial charge in [-0.1, -0.05) is 18.2 Å². The molecule has 0 radical (unpaired) electrons. The number of fused-ring (bicyclic) bond motifs is 1. The first kappa shape index (κ1) is 18.4. The van der Waals surface area contributed by atoms with Gasteiger partial charge in [-0.25, -0.2) is 9.97 Å². The summed E-state index contributed by atoms with van der Waals surface area (Å²) in [4.78, 5) is 20.4. The maximum atomic E-state index is 14.4. The van der Waals surface area contributed by atoms with Crippen LogP contribution in [0.4, 0.5) is 14.6 Å². The Morgan fingerprint density at radius 1 is 1.25 bits per heavy atom. The number of benzene rings is 1. The van der Waals surface area contributed by atoms with E-state index in [9.17, 15) is 18.7 Å². The number of alkyl halides is 2. The molecular weight excluding hydrogens is 374 g/mol. The summed E-state index contributed by atoms with van der Waals surface area (Å²) in [5.74, 6) is -3.90. The highest BCUT2D eigenvalue weighted by atomic mass is 19.3. The molecule has 1 fully saturated rings. The summed E-state index contributed by atoms with van der Waals surface area (Å²) in [6.45, 7) is -0.750. The van der Waals surface area contributed by atoms with Crippen LogP contribution in [0.15, 0.2) is 48.9 Å². The molecule has 146 valence electrons. The van der Waals surface area contributed by atoms with E-state index >= 15 is 0 Å². The molecule has 1 aliphatic heterocycles. The molecule has 1 aliphatic rings. The maximum absolute atomic E-state index is 14.4. The standard InChI is InChI=1S/C18H16F2N4O4/c19-18(20)13(26)12(8-25)28-17(18)24-7-6-11-14(21-9-22-15(11)24)23-16(27)10-4-2-1-3-5-10/h1-7,9,12-13,17,25-26H,8H2,(H,21,22,23,27)/t12-,13-,17+/m1/s1. The third-order valence-corrected chi connectivity index (χ3v) is 4.59. The summed E-state index contributed by atoms with van der Waals surface area (Å²) in [7, 11) is 0. The van der Waals surface area contributed by atoms with E-state index in [1.807, 2.05) is 0 Å². The van der Waals surface area contributed by atoms with Gasteiger partial charge in [0, 0.05) is 11.8 Å². The van der Waals surface area contributed by atoms with Crippen molar-refractivity contribution in [3.05, 3.63) is 54.5 Å². The number of hydrogen-bond donors (Lipinski definition) is 3. The first-order valence-electron chi connectivity index (χ1n) is 8.43. The number of aliphatic hydroxyl groups is 2. The minimum Gasteiger partial charge on any atom is -0.394 e. The van der Waals surface area contributed by atoms with Gasteiger partial charge in [-0.05, 0) is 18.2 Å². The Labute approximate surface area is 157 Å². The molecule has 1 amide bonds. The van der Waals surface area contributed by atoms with E-state index in [0.717, 1.165) is 10.9 Å². The largest absolute Gasteiger partial charge is 0.394 e. The van der Waals surface area contributed by atoms with E-state index in [1.54, 1.807) is 30.3 Å². The SMILES string of the molecule is O=C(Nc1ncnc2c1ccn2[C@H]1O[C@H](CO)[C@@H](O)C1(F)F)c1ccccc1. The van der Waals surface area contributed by atoms with Crippen molar-refractivity contribution in [2.75, 3.05) is 11.9 Å². The monoisotopic (exact) mass is 390 g/mol. The molecule has 4 rings (SSSR count). The number of anilines is 1. The normalized spacial score (nSPS) is 23.8. The Balaban J connectivity index is 1.69. The van der Waals surface area contributed by atoms with Crippen molar-refractivity contribution in [2.24, 2.45) is 0 Å². The van der Waals surface area contributed by atoms with Crippen LogP contribution in [0.5, 0.6) is 0 Å². The lowest BCUT2D eigenvalue weighted by Crippen LogP contribution is -2.39. The molecule has 0 bridgehead atoms. The van der Waals surface area contributed by atoms with Gasteiger partial charge in [0.2, 0.25) is 6.23 Å². The molecule has 0 unspecified atom stereocenters. The van der Waals surface area contributed by atoms with Crippen LogP contribution in [0, 0.1) is 0 Å². The van der Waals surface area contributed by atoms with Crippen LogP contribution in [0.3, 0.4) is 0 Å². The fourth-order valence-corrected chi connectivity index (χ4v) is 3.15. The number of nitrogens with zero attached hydrogens (tertiary/aromatic N) is 3. The molecule has 10 heteroatoms. The van der Waals surface area contributed by atoms with Crippen LogP contribution >= 0.6 is 0 Å². The van der Waals surface area contributed by atoms with Crippen molar-refractivity contribution in [3.63, 3.8) is 0 Å². The maximum Gasteiger partial charge on any atom is 0.320 e. The summed E-state index contributed by atoms with van der Waals surface area (Å²) in [5, 5.41) is 21.8. The lowest BCUT2D eigenvalue weighted by molar-refractivity contribution is -0.138. The fourth-order valence-electron chi connectivity index (χ4n) is 3.15. The average molecular weight is 390 g/mol. The van der Waals surface area contributed by atoms with E-state index in [2.05, 4.69) is 15.3 Å². The number of ether oxygens (including phenoxy) is 1. The smallest absolute Gasteiger partial charge is 0.320 e. The predicted molar refractivity (Wildman–Crippen MR) is 93.9 cm³/mol. The first-order valence-corrected chi connectivity index (χ1v) is 8.43. The Hall–Kier alpha value is -2.95. The van der Waals surface area contributed by atoms with E-state index in [0.29, 0.717) is 10.9 Å². The predicted octanol–water partition coefficient (Wildman–Crippen LogP) is 1.57. The molecule has 0 spiro atoms. The van der Waals surface area contributed by atoms with Gasteiger partial charge in [-0.15, -0.1) is 0 Å². The molecular formula is C18H16F2N4O4. The molecule has 3 N–H and O–H groups in total. The quantitative estimate of drug-likeness (QED) is 0.624. The molecule has 1 saturated heterocycles. The van der Waals surface area contributed by atoms with Crippen LogP contribution in [0.2, 0.25) is 0 Å². The Kier molecular flexibility index (Phi) is 4.53. The second kappa shape index (κ2) is 6.89. The van der Waals surface area contributed by atoms with E-state index in [4.69, 9.17) is 9.84 Å². The summed E-state index contributed by atoms with van der Waals surface area (Å²) in [5.41, 5.74) is 0.502. The number of aromatic nitrogens is 3. The van der Waals surface area contributed by atoms with Crippen LogP contribution < -0.4 is 5.32 Å². The summed E-state index contributed by atoms with van der Waals surface area (Å²) < 4.78 is 35.1. The molecule has 0 aliphatic carbocycles. The number of carbonyl (C=O) groups is 1. The number of amides is 1. The van der Waals surface area contributed by atoms with Gasteiger partial charge in [0.25, 0.3) is 5.91 Å². The zero-order valence-electron chi connectivity index (χ0n) is 14.4. The summed E-state index contributed by atoms with van der Waals surface area (Å²) in [6, 6.07) is 9.92. The minimum atomic E-state index is -3.64. The highest BCUT2D eigenvalue weighted by Crippen LogP contribution is 2.44. The van der Waals surface area contributed by atoms with Crippen molar-refractivity contribution >= 4 is 22.8 Å². The Bertz CT molecular complexity index is 1010. The highest BCUT2D eigenvalue weighted by Gasteiger charge is 2.59. The second-order valence-electron chi connectivity index (χ2n) is 6.33. The molecule has 8 nitrogen and oxygen atoms in total. The van der Waals surface area contributed by atoms with Gasteiger partial charge in [-0.2, -0.15) is 8.78 Å². The third-order valence-electron chi connectivity index (χ3n) is 4.59. The van der Waals surface area contributed by atoms with Crippen molar-refractivity contribution in [1.29, 1.82) is 0 Å². The zero-order chi connectivity index (χ0) is 19.9. The molecule has 28 heavy (non-hydrogen) atoms. The van der Waals surface area contributed by atoms with E-state index in [-0.39, 0.29) is 11.5 Å². The van der Waals surface area contributed by atoms with Crippen LogP contribution in [-0.4, -0.2) is 55.4 Å². The number of nitrogens with one attached hydrogen (secondary N) is 1. The van der Waals surface area contributed by atoms with Gasteiger partial charge >= 0.3 is 5.92 Å². The average Bonchev–Trinajstić information content (AvgIpc) is 3.22. The fraction of sp³-hybridized carbons (Fsp3) is 0.278. The molecule has 0 saturated carbocycles. The number of hydrogen-bond acceptors (Lipinski definition) is 6. The molecule has 1 aromatic carbocycles. The van der Waals surface area contributed by atoms with Crippen molar-refractivity contribution in [1.82, 2.24) is 14.5 Å². The lowest BCUT2D eigenvalue weighted by Gasteiger charge is -2.21. The van der Waals surface area contributed by atoms with Gasteiger partial charge < -0.3 is 24.8 Å². The third kappa shape index (κ3) is 2.91. The van der Waals surface area contributed by atoms with Gasteiger partial charge in [0.15, 0.2) is 6.10 Å². The highest BCUT2D eigenvalue weighted by molar-refractivity contribution is 6.07. The van der Waals surface area contributed by atoms with Gasteiger partial charge in [-0.3, -0.25) is 4.79 Å².